The molecule has 0 bridgehead atoms. The average molecular weight is 206 g/mol. The number of hydrogen-bond acceptors (Lipinski definition) is 4. The highest BCUT2D eigenvalue weighted by Gasteiger charge is 2.04. The topological polar surface area (TPSA) is 74.6 Å². The van der Waals surface area contributed by atoms with Crippen LogP contribution in [0.25, 0.3) is 0 Å². The molecular weight excluding hydrogens is 192 g/mol. The lowest BCUT2D eigenvalue weighted by atomic mass is 10.3. The lowest BCUT2D eigenvalue weighted by Crippen LogP contribution is -2.06. The third kappa shape index (κ3) is 2.04. The summed E-state index contributed by atoms with van der Waals surface area (Å²) in [5.41, 5.74) is 8.36. The molecule has 2 aromatic rings. The van der Waals surface area contributed by atoms with Gasteiger partial charge in [-0.2, -0.15) is 5.10 Å². The Morgan fingerprint density at radius 1 is 1.47 bits per heavy atom. The van der Waals surface area contributed by atoms with Crippen LogP contribution in [-0.4, -0.2) is 24.8 Å². The van der Waals surface area contributed by atoms with Gasteiger partial charge in [0, 0.05) is 13.6 Å². The number of nitrogens with two attached hydrogens (primary N) is 1. The van der Waals surface area contributed by atoms with Crippen molar-refractivity contribution in [2.24, 2.45) is 12.8 Å². The molecule has 0 aliphatic heterocycles. The van der Waals surface area contributed by atoms with Crippen molar-refractivity contribution in [1.82, 2.24) is 24.8 Å². The molecule has 0 aromatic carbocycles. The van der Waals surface area contributed by atoms with Crippen molar-refractivity contribution in [2.75, 3.05) is 0 Å². The van der Waals surface area contributed by atoms with E-state index in [-0.39, 0.29) is 0 Å². The zero-order chi connectivity index (χ0) is 10.8. The molecule has 6 nitrogen and oxygen atoms in total. The number of aromatic nitrogens is 5. The third-order valence-corrected chi connectivity index (χ3v) is 2.22. The second-order valence-electron chi connectivity index (χ2n) is 3.51. The van der Waals surface area contributed by atoms with E-state index in [0.717, 1.165) is 17.1 Å². The quantitative estimate of drug-likeness (QED) is 0.756. The molecule has 6 heteroatoms. The highest BCUT2D eigenvalue weighted by atomic mass is 15.4. The predicted molar refractivity (Wildman–Crippen MR) is 55.0 cm³/mol. The molecule has 0 aliphatic carbocycles. The molecular formula is C9H14N6. The van der Waals surface area contributed by atoms with E-state index in [1.165, 1.54) is 0 Å². The Labute approximate surface area is 87.7 Å². The summed E-state index contributed by atoms with van der Waals surface area (Å²) in [6.07, 6.45) is 1.85. The summed E-state index contributed by atoms with van der Waals surface area (Å²) in [7, 11) is 1.92. The number of rotatable bonds is 3. The largest absolute Gasteiger partial charge is 0.325 e. The summed E-state index contributed by atoms with van der Waals surface area (Å²) in [5, 5.41) is 12.2. The second-order valence-corrected chi connectivity index (χ2v) is 3.51. The van der Waals surface area contributed by atoms with Crippen LogP contribution in [0.2, 0.25) is 0 Å². The van der Waals surface area contributed by atoms with Gasteiger partial charge in [-0.3, -0.25) is 4.68 Å². The molecule has 2 rings (SSSR count). The molecule has 2 aromatic heterocycles. The fraction of sp³-hybridized carbons (Fsp3) is 0.444. The van der Waals surface area contributed by atoms with Gasteiger partial charge in [-0.05, 0) is 13.0 Å². The number of hydrogen-bond donors (Lipinski definition) is 1. The van der Waals surface area contributed by atoms with Crippen LogP contribution < -0.4 is 5.73 Å². The highest BCUT2D eigenvalue weighted by molar-refractivity contribution is 5.09. The molecule has 0 atom stereocenters. The Balaban J connectivity index is 2.17. The minimum Gasteiger partial charge on any atom is -0.325 e. The molecule has 0 aliphatic rings. The third-order valence-electron chi connectivity index (χ3n) is 2.22. The Bertz CT molecular complexity index is 455. The molecule has 2 N–H and O–H groups in total. The maximum Gasteiger partial charge on any atom is 0.0962 e. The first kappa shape index (κ1) is 9.85. The van der Waals surface area contributed by atoms with Gasteiger partial charge in [0.2, 0.25) is 0 Å². The first-order chi connectivity index (χ1) is 7.19. The van der Waals surface area contributed by atoms with Crippen molar-refractivity contribution in [3.8, 4) is 0 Å². The van der Waals surface area contributed by atoms with Gasteiger partial charge in [-0.15, -0.1) is 5.10 Å². The number of nitrogens with zero attached hydrogens (tertiary/aromatic N) is 5. The molecule has 0 amide bonds. The SMILES string of the molecule is Cc1cc(Cn2cc(CN)nn2)n(C)n1. The van der Waals surface area contributed by atoms with E-state index >= 15 is 0 Å². The van der Waals surface area contributed by atoms with Crippen LogP contribution in [0, 0.1) is 6.92 Å². The maximum atomic E-state index is 5.46. The molecule has 0 spiro atoms. The lowest BCUT2D eigenvalue weighted by Gasteiger charge is -2.00. The van der Waals surface area contributed by atoms with E-state index in [0.29, 0.717) is 13.1 Å². The Morgan fingerprint density at radius 3 is 2.80 bits per heavy atom. The highest BCUT2D eigenvalue weighted by Crippen LogP contribution is 2.04. The van der Waals surface area contributed by atoms with E-state index in [9.17, 15) is 0 Å². The van der Waals surface area contributed by atoms with Gasteiger partial charge in [0.05, 0.1) is 29.8 Å². The molecule has 2 heterocycles. The van der Waals surface area contributed by atoms with Crippen LogP contribution in [0.1, 0.15) is 17.1 Å². The van der Waals surface area contributed by atoms with Crippen LogP contribution >= 0.6 is 0 Å². The number of aryl methyl sites for hydroxylation is 2. The monoisotopic (exact) mass is 206 g/mol. The van der Waals surface area contributed by atoms with E-state index in [4.69, 9.17) is 5.73 Å². The Morgan fingerprint density at radius 2 is 2.27 bits per heavy atom. The summed E-state index contributed by atoms with van der Waals surface area (Å²) in [6, 6.07) is 2.03. The second kappa shape index (κ2) is 3.82. The normalized spacial score (nSPS) is 10.9. The van der Waals surface area contributed by atoms with Crippen LogP contribution in [-0.2, 0) is 20.1 Å². The van der Waals surface area contributed by atoms with Gasteiger partial charge in [0.25, 0.3) is 0 Å². The van der Waals surface area contributed by atoms with Gasteiger partial charge in [0.15, 0.2) is 0 Å². The summed E-state index contributed by atoms with van der Waals surface area (Å²) < 4.78 is 3.61. The minimum atomic E-state index is 0.421. The lowest BCUT2D eigenvalue weighted by molar-refractivity contribution is 0.599. The molecule has 0 fully saturated rings. The first-order valence-corrected chi connectivity index (χ1v) is 4.77. The van der Waals surface area contributed by atoms with Crippen molar-refractivity contribution in [3.05, 3.63) is 29.3 Å². The fourth-order valence-corrected chi connectivity index (χ4v) is 1.49. The van der Waals surface area contributed by atoms with Crippen LogP contribution in [0.4, 0.5) is 0 Å². The smallest absolute Gasteiger partial charge is 0.0962 e. The zero-order valence-electron chi connectivity index (χ0n) is 8.88. The van der Waals surface area contributed by atoms with Gasteiger partial charge in [-0.25, -0.2) is 4.68 Å². The average Bonchev–Trinajstić information content (AvgIpc) is 2.75. The van der Waals surface area contributed by atoms with E-state index in [2.05, 4.69) is 15.4 Å². The molecule has 15 heavy (non-hydrogen) atoms. The Kier molecular flexibility index (Phi) is 2.51. The zero-order valence-corrected chi connectivity index (χ0v) is 8.88. The summed E-state index contributed by atoms with van der Waals surface area (Å²) >= 11 is 0. The van der Waals surface area contributed by atoms with Crippen molar-refractivity contribution in [3.63, 3.8) is 0 Å². The van der Waals surface area contributed by atoms with Crippen LogP contribution in [0.5, 0.6) is 0 Å². The summed E-state index contributed by atoms with van der Waals surface area (Å²) in [4.78, 5) is 0. The fourth-order valence-electron chi connectivity index (χ4n) is 1.49. The summed E-state index contributed by atoms with van der Waals surface area (Å²) in [5.74, 6) is 0. The Hall–Kier alpha value is -1.69. The van der Waals surface area contributed by atoms with Gasteiger partial charge in [-0.1, -0.05) is 5.21 Å². The standard InChI is InChI=1S/C9H14N6/c1-7-3-9(14(2)12-7)6-15-5-8(4-10)11-13-15/h3,5H,4,6,10H2,1-2H3. The van der Waals surface area contributed by atoms with Gasteiger partial charge >= 0.3 is 0 Å². The molecule has 80 valence electrons. The minimum absolute atomic E-state index is 0.421. The molecule has 0 radical (unpaired) electrons. The predicted octanol–water partition coefficient (Wildman–Crippen LogP) is -0.173. The van der Waals surface area contributed by atoms with Crippen molar-refractivity contribution in [1.29, 1.82) is 0 Å². The van der Waals surface area contributed by atoms with Crippen LogP contribution in [0.15, 0.2) is 12.3 Å². The van der Waals surface area contributed by atoms with Crippen molar-refractivity contribution < 1.29 is 0 Å². The molecule has 0 unspecified atom stereocenters. The maximum absolute atomic E-state index is 5.46. The van der Waals surface area contributed by atoms with Crippen molar-refractivity contribution in [2.45, 2.75) is 20.0 Å². The van der Waals surface area contributed by atoms with E-state index in [1.54, 1.807) is 4.68 Å². The van der Waals surface area contributed by atoms with Crippen molar-refractivity contribution >= 4 is 0 Å². The molecule has 0 saturated carbocycles. The van der Waals surface area contributed by atoms with Gasteiger partial charge < -0.3 is 5.73 Å². The van der Waals surface area contributed by atoms with E-state index < -0.39 is 0 Å². The molecule has 0 saturated heterocycles. The van der Waals surface area contributed by atoms with E-state index in [1.807, 2.05) is 30.9 Å². The first-order valence-electron chi connectivity index (χ1n) is 4.77. The van der Waals surface area contributed by atoms with Crippen LogP contribution in [0.3, 0.4) is 0 Å². The van der Waals surface area contributed by atoms with Gasteiger partial charge in [0.1, 0.15) is 0 Å². The summed E-state index contributed by atoms with van der Waals surface area (Å²) in [6.45, 7) is 3.06.